The highest BCUT2D eigenvalue weighted by Gasteiger charge is 2.49. The minimum Gasteiger partial charge on any atom is -0.366 e. The van der Waals surface area contributed by atoms with Gasteiger partial charge in [0.05, 0.1) is 17.4 Å². The fourth-order valence-electron chi connectivity index (χ4n) is 7.28. The zero-order valence-corrected chi connectivity index (χ0v) is 23.7. The first-order chi connectivity index (χ1) is 18.0. The number of hydrogen-bond acceptors (Lipinski definition) is 5. The second kappa shape index (κ2) is 9.06. The third kappa shape index (κ3) is 4.69. The van der Waals surface area contributed by atoms with Crippen molar-refractivity contribution in [2.45, 2.75) is 105 Å². The van der Waals surface area contributed by atoms with Crippen LogP contribution in [0.15, 0.2) is 24.5 Å². The summed E-state index contributed by atoms with van der Waals surface area (Å²) in [5.41, 5.74) is 7.56. The Hall–Kier alpha value is -2.96. The van der Waals surface area contributed by atoms with Gasteiger partial charge < -0.3 is 10.2 Å². The minimum atomic E-state index is 0.0189. The molecule has 0 unspecified atom stereocenters. The number of fused-ring (bicyclic) bond motifs is 5. The minimum absolute atomic E-state index is 0.0189. The van der Waals surface area contributed by atoms with Gasteiger partial charge in [-0.05, 0) is 75.3 Å². The lowest BCUT2D eigenvalue weighted by molar-refractivity contribution is -0.127. The van der Waals surface area contributed by atoms with Crippen molar-refractivity contribution in [1.29, 1.82) is 0 Å². The van der Waals surface area contributed by atoms with E-state index in [4.69, 9.17) is 10.1 Å². The zero-order valence-electron chi connectivity index (χ0n) is 23.7. The molecule has 3 aromatic rings. The van der Waals surface area contributed by atoms with Crippen molar-refractivity contribution in [3.8, 4) is 0 Å². The SMILES string of the molecule is Cc1cc(N2CCc3c(c(C)nn3CC34CCC(NC(=O)CC(C)(C)C)(CC3)CC4)C2)c2ccncc2n1. The van der Waals surface area contributed by atoms with Crippen LogP contribution in [0.5, 0.6) is 0 Å². The van der Waals surface area contributed by atoms with Gasteiger partial charge in [0.2, 0.25) is 5.91 Å². The molecule has 7 heteroatoms. The number of rotatable bonds is 5. The molecule has 0 spiro atoms. The van der Waals surface area contributed by atoms with E-state index >= 15 is 0 Å². The van der Waals surface area contributed by atoms with E-state index in [0.29, 0.717) is 11.8 Å². The van der Waals surface area contributed by atoms with Crippen LogP contribution in [0.3, 0.4) is 0 Å². The van der Waals surface area contributed by atoms with Crippen molar-refractivity contribution in [1.82, 2.24) is 25.1 Å². The number of carbonyl (C=O) groups is 1. The van der Waals surface area contributed by atoms with E-state index in [9.17, 15) is 4.79 Å². The van der Waals surface area contributed by atoms with Crippen LogP contribution in [-0.4, -0.2) is 37.7 Å². The highest BCUT2D eigenvalue weighted by molar-refractivity contribution is 5.91. The zero-order chi connectivity index (χ0) is 26.7. The average molecular weight is 515 g/mol. The maximum Gasteiger partial charge on any atom is 0.220 e. The van der Waals surface area contributed by atoms with Gasteiger partial charge in [-0.1, -0.05) is 20.8 Å². The Kier molecular flexibility index (Phi) is 6.04. The van der Waals surface area contributed by atoms with Gasteiger partial charge in [-0.2, -0.15) is 5.10 Å². The van der Waals surface area contributed by atoms with Crippen molar-refractivity contribution in [2.24, 2.45) is 10.8 Å². The van der Waals surface area contributed by atoms with Crippen molar-refractivity contribution in [3.63, 3.8) is 0 Å². The Bertz CT molecular complexity index is 1360. The van der Waals surface area contributed by atoms with Crippen molar-refractivity contribution >= 4 is 22.5 Å². The summed E-state index contributed by atoms with van der Waals surface area (Å²) in [5.74, 6) is 0.224. The van der Waals surface area contributed by atoms with Gasteiger partial charge in [0.1, 0.15) is 0 Å². The number of anilines is 1. The number of carbonyl (C=O) groups excluding carboxylic acids is 1. The quantitative estimate of drug-likeness (QED) is 0.476. The lowest BCUT2D eigenvalue weighted by atomic mass is 9.57. The van der Waals surface area contributed by atoms with Crippen LogP contribution >= 0.6 is 0 Å². The van der Waals surface area contributed by atoms with E-state index in [1.54, 1.807) is 0 Å². The molecule has 0 aromatic carbocycles. The Labute approximate surface area is 226 Å². The standard InChI is InChI=1S/C31H42N6O/c1-21-16-27(23-6-14-32-18-25(23)33-21)36-15-7-26-24(19-36)22(2)35-37(26)20-30-8-11-31(12-9-30,13-10-30)34-28(38)17-29(3,4)5/h6,14,16,18H,7-13,15,17,19-20H2,1-5H3,(H,34,38). The number of amides is 1. The summed E-state index contributed by atoms with van der Waals surface area (Å²) in [6.07, 6.45) is 12.2. The predicted octanol–water partition coefficient (Wildman–Crippen LogP) is 5.65. The van der Waals surface area contributed by atoms with E-state index < -0.39 is 0 Å². The van der Waals surface area contributed by atoms with Crippen molar-refractivity contribution in [3.05, 3.63) is 47.2 Å². The molecule has 3 fully saturated rings. The molecule has 0 atom stereocenters. The van der Waals surface area contributed by atoms with Gasteiger partial charge in [-0.25, -0.2) is 0 Å². The number of pyridine rings is 2. The van der Waals surface area contributed by atoms with Crippen LogP contribution < -0.4 is 10.2 Å². The Morgan fingerprint density at radius 3 is 2.55 bits per heavy atom. The molecule has 202 valence electrons. The van der Waals surface area contributed by atoms with Gasteiger partial charge in [-0.15, -0.1) is 0 Å². The molecule has 7 rings (SSSR count). The summed E-state index contributed by atoms with van der Waals surface area (Å²) in [5, 5.41) is 9.75. The fourth-order valence-corrected chi connectivity index (χ4v) is 7.28. The summed E-state index contributed by atoms with van der Waals surface area (Å²) >= 11 is 0. The largest absolute Gasteiger partial charge is 0.366 e. The average Bonchev–Trinajstić information content (AvgIpc) is 3.17. The molecule has 4 aliphatic rings. The molecule has 1 N–H and O–H groups in total. The highest BCUT2D eigenvalue weighted by Crippen LogP contribution is 2.53. The monoisotopic (exact) mass is 514 g/mol. The third-order valence-corrected chi connectivity index (χ3v) is 9.38. The van der Waals surface area contributed by atoms with Gasteiger partial charge in [0.15, 0.2) is 0 Å². The van der Waals surface area contributed by atoms with Crippen LogP contribution in [0.4, 0.5) is 5.69 Å². The predicted molar refractivity (Wildman–Crippen MR) is 151 cm³/mol. The van der Waals surface area contributed by atoms with Crippen LogP contribution in [0.25, 0.3) is 10.9 Å². The second-order valence-electron chi connectivity index (χ2n) is 13.6. The molecule has 1 aliphatic heterocycles. The van der Waals surface area contributed by atoms with Gasteiger partial charge >= 0.3 is 0 Å². The fraction of sp³-hybridized carbons (Fsp3) is 0.613. The molecular formula is C31H42N6O. The Balaban J connectivity index is 1.17. The van der Waals surface area contributed by atoms with E-state index in [2.05, 4.69) is 66.6 Å². The topological polar surface area (TPSA) is 75.9 Å². The van der Waals surface area contributed by atoms with E-state index in [1.165, 1.54) is 41.6 Å². The Morgan fingerprint density at radius 1 is 1.11 bits per heavy atom. The lowest BCUT2D eigenvalue weighted by Gasteiger charge is -2.54. The lowest BCUT2D eigenvalue weighted by Crippen LogP contribution is -2.57. The van der Waals surface area contributed by atoms with E-state index in [0.717, 1.165) is 62.2 Å². The number of aromatic nitrogens is 4. The molecule has 38 heavy (non-hydrogen) atoms. The second-order valence-corrected chi connectivity index (χ2v) is 13.6. The van der Waals surface area contributed by atoms with Crippen molar-refractivity contribution < 1.29 is 4.79 Å². The van der Waals surface area contributed by atoms with Crippen LogP contribution in [0.1, 0.15) is 88.4 Å². The first kappa shape index (κ1) is 25.3. The first-order valence-corrected chi connectivity index (χ1v) is 14.4. The summed E-state index contributed by atoms with van der Waals surface area (Å²) in [6, 6.07) is 4.29. The number of nitrogens with one attached hydrogen (secondary N) is 1. The van der Waals surface area contributed by atoms with Crippen molar-refractivity contribution in [2.75, 3.05) is 11.4 Å². The van der Waals surface area contributed by atoms with Crippen LogP contribution in [-0.2, 0) is 24.3 Å². The molecule has 3 saturated carbocycles. The normalized spacial score (nSPS) is 25.0. The summed E-state index contributed by atoms with van der Waals surface area (Å²) < 4.78 is 2.36. The van der Waals surface area contributed by atoms with Crippen LogP contribution in [0.2, 0.25) is 0 Å². The molecule has 2 bridgehead atoms. The molecule has 7 nitrogen and oxygen atoms in total. The molecule has 0 radical (unpaired) electrons. The van der Waals surface area contributed by atoms with Gasteiger partial charge in [0, 0.05) is 72.2 Å². The Morgan fingerprint density at radius 2 is 1.84 bits per heavy atom. The maximum atomic E-state index is 12.7. The number of aryl methyl sites for hydroxylation is 2. The van der Waals surface area contributed by atoms with E-state index in [1.807, 2.05) is 12.4 Å². The molecule has 3 aromatic heterocycles. The molecule has 4 heterocycles. The molecular weight excluding hydrogens is 472 g/mol. The third-order valence-electron chi connectivity index (χ3n) is 9.38. The number of nitrogens with zero attached hydrogens (tertiary/aromatic N) is 5. The molecule has 0 saturated heterocycles. The summed E-state index contributed by atoms with van der Waals surface area (Å²) in [6.45, 7) is 13.5. The smallest absolute Gasteiger partial charge is 0.220 e. The first-order valence-electron chi connectivity index (χ1n) is 14.4. The summed E-state index contributed by atoms with van der Waals surface area (Å²) in [7, 11) is 0. The van der Waals surface area contributed by atoms with Crippen LogP contribution in [0, 0.1) is 24.7 Å². The molecule has 1 amide bonds. The van der Waals surface area contributed by atoms with Gasteiger partial charge in [0.25, 0.3) is 0 Å². The van der Waals surface area contributed by atoms with Gasteiger partial charge in [-0.3, -0.25) is 19.4 Å². The highest BCUT2D eigenvalue weighted by atomic mass is 16.1. The van der Waals surface area contributed by atoms with E-state index in [-0.39, 0.29) is 16.9 Å². The maximum absolute atomic E-state index is 12.7. The number of hydrogen-bond donors (Lipinski definition) is 1. The summed E-state index contributed by atoms with van der Waals surface area (Å²) in [4.78, 5) is 24.2. The molecule has 3 aliphatic carbocycles.